The predicted octanol–water partition coefficient (Wildman–Crippen LogP) is 3.16. The summed E-state index contributed by atoms with van der Waals surface area (Å²) in [6, 6.07) is 9.73. The zero-order valence-electron chi connectivity index (χ0n) is 13.0. The molecule has 0 heterocycles. The molecule has 0 unspecified atom stereocenters. The minimum Gasteiger partial charge on any atom is -0.494 e. The number of nitro benzene ring substituents is 2. The van der Waals surface area contributed by atoms with Gasteiger partial charge >= 0.3 is 0 Å². The Hall–Kier alpha value is -3.75. The normalized spacial score (nSPS) is 10.4. The fourth-order valence-corrected chi connectivity index (χ4v) is 2.03. The third kappa shape index (κ3) is 4.38. The van der Waals surface area contributed by atoms with Crippen LogP contribution >= 0.6 is 0 Å². The molecular formula is C16H13N3O6. The number of non-ortho nitro benzene ring substituents is 1. The molecule has 0 fully saturated rings. The average Bonchev–Trinajstić information content (AvgIpc) is 2.60. The summed E-state index contributed by atoms with van der Waals surface area (Å²) >= 11 is 0. The minimum atomic E-state index is -0.581. The van der Waals surface area contributed by atoms with Gasteiger partial charge in [0.1, 0.15) is 5.75 Å². The predicted molar refractivity (Wildman–Crippen MR) is 90.4 cm³/mol. The van der Waals surface area contributed by atoms with Crippen molar-refractivity contribution in [2.24, 2.45) is 0 Å². The highest BCUT2D eigenvalue weighted by molar-refractivity contribution is 6.03. The lowest BCUT2D eigenvalue weighted by molar-refractivity contribution is -0.385. The molecule has 2 aromatic carbocycles. The standard InChI is InChI=1S/C16H13N3O6/c1-25-15-10-12(18(21)22)7-8-13(15)17-16(20)9-6-11-4-2-3-5-14(11)19(23)24/h2-10H,1H3,(H,17,20)/b9-6+. The van der Waals surface area contributed by atoms with E-state index >= 15 is 0 Å². The molecule has 0 saturated heterocycles. The first kappa shape index (κ1) is 17.6. The van der Waals surface area contributed by atoms with E-state index in [1.54, 1.807) is 6.07 Å². The van der Waals surface area contributed by atoms with E-state index in [1.807, 2.05) is 0 Å². The monoisotopic (exact) mass is 343 g/mol. The molecule has 0 aliphatic rings. The summed E-state index contributed by atoms with van der Waals surface area (Å²) in [5.74, 6) is -0.438. The molecule has 0 bridgehead atoms. The molecule has 1 amide bonds. The Bertz CT molecular complexity index is 863. The number of benzene rings is 2. The highest BCUT2D eigenvalue weighted by Gasteiger charge is 2.13. The maximum atomic E-state index is 12.0. The smallest absolute Gasteiger partial charge is 0.276 e. The summed E-state index contributed by atoms with van der Waals surface area (Å²) in [7, 11) is 1.32. The van der Waals surface area contributed by atoms with Crippen molar-refractivity contribution in [2.75, 3.05) is 12.4 Å². The van der Waals surface area contributed by atoms with E-state index in [0.717, 1.165) is 6.08 Å². The van der Waals surface area contributed by atoms with Gasteiger partial charge in [0.25, 0.3) is 11.4 Å². The fraction of sp³-hybridized carbons (Fsp3) is 0.0625. The number of rotatable bonds is 6. The Kier molecular flexibility index (Phi) is 5.41. The third-order valence-electron chi connectivity index (χ3n) is 3.20. The summed E-state index contributed by atoms with van der Waals surface area (Å²) in [5.41, 5.74) is 0.216. The average molecular weight is 343 g/mol. The SMILES string of the molecule is COc1cc([N+](=O)[O-])ccc1NC(=O)/C=C/c1ccccc1[N+](=O)[O-]. The highest BCUT2D eigenvalue weighted by atomic mass is 16.6. The number of methoxy groups -OCH3 is 1. The molecule has 0 aliphatic heterocycles. The van der Waals surface area contributed by atoms with Gasteiger partial charge in [0.2, 0.25) is 5.91 Å². The first-order chi connectivity index (χ1) is 11.9. The number of carbonyl (C=O) groups is 1. The fourth-order valence-electron chi connectivity index (χ4n) is 2.03. The highest BCUT2D eigenvalue weighted by Crippen LogP contribution is 2.29. The van der Waals surface area contributed by atoms with Gasteiger partial charge in [-0.3, -0.25) is 25.0 Å². The summed E-state index contributed by atoms with van der Waals surface area (Å²) in [6.45, 7) is 0. The molecule has 0 aromatic heterocycles. The summed E-state index contributed by atoms with van der Waals surface area (Å²) < 4.78 is 5.02. The summed E-state index contributed by atoms with van der Waals surface area (Å²) in [5, 5.41) is 24.2. The first-order valence-corrected chi connectivity index (χ1v) is 6.97. The van der Waals surface area contributed by atoms with Crippen molar-refractivity contribution in [1.82, 2.24) is 0 Å². The van der Waals surface area contributed by atoms with Crippen LogP contribution in [-0.4, -0.2) is 22.9 Å². The van der Waals surface area contributed by atoms with Gasteiger partial charge in [0.15, 0.2) is 0 Å². The maximum Gasteiger partial charge on any atom is 0.276 e. The molecule has 2 rings (SSSR count). The number of carbonyl (C=O) groups excluding carboxylic acids is 1. The van der Waals surface area contributed by atoms with Gasteiger partial charge < -0.3 is 10.1 Å². The van der Waals surface area contributed by atoms with E-state index in [-0.39, 0.29) is 28.4 Å². The van der Waals surface area contributed by atoms with E-state index < -0.39 is 15.8 Å². The van der Waals surface area contributed by atoms with Crippen LogP contribution in [0.25, 0.3) is 6.08 Å². The van der Waals surface area contributed by atoms with Crippen LogP contribution in [0.5, 0.6) is 5.75 Å². The van der Waals surface area contributed by atoms with Crippen LogP contribution in [0.2, 0.25) is 0 Å². The molecule has 0 radical (unpaired) electrons. The molecule has 0 spiro atoms. The van der Waals surface area contributed by atoms with Crippen molar-refractivity contribution in [3.8, 4) is 5.75 Å². The van der Waals surface area contributed by atoms with Crippen LogP contribution < -0.4 is 10.1 Å². The second-order valence-electron chi connectivity index (χ2n) is 4.78. The number of nitrogens with one attached hydrogen (secondary N) is 1. The van der Waals surface area contributed by atoms with E-state index in [0.29, 0.717) is 0 Å². The molecule has 2 aromatic rings. The van der Waals surface area contributed by atoms with Gasteiger partial charge in [-0.15, -0.1) is 0 Å². The van der Waals surface area contributed by atoms with Crippen LogP contribution in [-0.2, 0) is 4.79 Å². The topological polar surface area (TPSA) is 125 Å². The van der Waals surface area contributed by atoms with Crippen molar-refractivity contribution >= 4 is 29.0 Å². The van der Waals surface area contributed by atoms with Crippen LogP contribution in [0.1, 0.15) is 5.56 Å². The van der Waals surface area contributed by atoms with Gasteiger partial charge in [0.05, 0.1) is 34.3 Å². The van der Waals surface area contributed by atoms with Crippen LogP contribution in [0.4, 0.5) is 17.1 Å². The second kappa shape index (κ2) is 7.68. The molecule has 0 atom stereocenters. The van der Waals surface area contributed by atoms with Gasteiger partial charge in [-0.05, 0) is 18.2 Å². The lowest BCUT2D eigenvalue weighted by Crippen LogP contribution is -2.09. The minimum absolute atomic E-state index is 0.125. The molecule has 0 saturated carbocycles. The van der Waals surface area contributed by atoms with E-state index in [1.165, 1.54) is 49.6 Å². The zero-order chi connectivity index (χ0) is 18.4. The number of hydrogen-bond acceptors (Lipinski definition) is 6. The second-order valence-corrected chi connectivity index (χ2v) is 4.78. The van der Waals surface area contributed by atoms with E-state index in [4.69, 9.17) is 4.74 Å². The number of amides is 1. The van der Waals surface area contributed by atoms with Crippen molar-refractivity contribution in [2.45, 2.75) is 0 Å². The summed E-state index contributed by atoms with van der Waals surface area (Å²) in [4.78, 5) is 32.5. The van der Waals surface area contributed by atoms with Gasteiger partial charge in [0, 0.05) is 18.2 Å². The number of ether oxygens (including phenoxy) is 1. The van der Waals surface area contributed by atoms with Crippen LogP contribution in [0.15, 0.2) is 48.5 Å². The van der Waals surface area contributed by atoms with Crippen LogP contribution in [0, 0.1) is 20.2 Å². The third-order valence-corrected chi connectivity index (χ3v) is 3.20. The molecule has 9 nitrogen and oxygen atoms in total. The quantitative estimate of drug-likeness (QED) is 0.488. The molecule has 25 heavy (non-hydrogen) atoms. The molecule has 128 valence electrons. The number of anilines is 1. The Balaban J connectivity index is 2.18. The molecule has 9 heteroatoms. The maximum absolute atomic E-state index is 12.0. The molecular weight excluding hydrogens is 330 g/mol. The van der Waals surface area contributed by atoms with E-state index in [9.17, 15) is 25.0 Å². The summed E-state index contributed by atoms with van der Waals surface area (Å²) in [6.07, 6.45) is 2.44. The Labute approximate surface area is 141 Å². The van der Waals surface area contributed by atoms with E-state index in [2.05, 4.69) is 5.32 Å². The zero-order valence-corrected chi connectivity index (χ0v) is 13.0. The van der Waals surface area contributed by atoms with Crippen molar-refractivity contribution < 1.29 is 19.4 Å². The number of nitro groups is 2. The number of nitrogens with zero attached hydrogens (tertiary/aromatic N) is 2. The number of hydrogen-bond donors (Lipinski definition) is 1. The van der Waals surface area contributed by atoms with Crippen molar-refractivity contribution in [3.63, 3.8) is 0 Å². The van der Waals surface area contributed by atoms with Gasteiger partial charge in [-0.2, -0.15) is 0 Å². The Morgan fingerprint density at radius 2 is 1.84 bits per heavy atom. The van der Waals surface area contributed by atoms with Crippen molar-refractivity contribution in [1.29, 1.82) is 0 Å². The van der Waals surface area contributed by atoms with Crippen molar-refractivity contribution in [3.05, 3.63) is 74.3 Å². The van der Waals surface area contributed by atoms with Gasteiger partial charge in [-0.25, -0.2) is 0 Å². The van der Waals surface area contributed by atoms with Crippen LogP contribution in [0.3, 0.4) is 0 Å². The lowest BCUT2D eigenvalue weighted by Gasteiger charge is -2.08. The van der Waals surface area contributed by atoms with Gasteiger partial charge in [-0.1, -0.05) is 12.1 Å². The lowest BCUT2D eigenvalue weighted by atomic mass is 10.1. The molecule has 0 aliphatic carbocycles. The Morgan fingerprint density at radius 1 is 1.12 bits per heavy atom. The Morgan fingerprint density at radius 3 is 2.48 bits per heavy atom. The first-order valence-electron chi connectivity index (χ1n) is 6.97. The molecule has 1 N–H and O–H groups in total. The number of para-hydroxylation sites is 1. The largest absolute Gasteiger partial charge is 0.494 e.